The zero-order valence-corrected chi connectivity index (χ0v) is 19.3. The number of carbonyl (C=O) groups excluding carboxylic acids is 2. The molecule has 0 spiro atoms. The summed E-state index contributed by atoms with van der Waals surface area (Å²) in [7, 11) is 1.50. The molecule has 0 radical (unpaired) electrons. The molecule has 0 saturated carbocycles. The monoisotopic (exact) mass is 482 g/mol. The third kappa shape index (κ3) is 3.78. The summed E-state index contributed by atoms with van der Waals surface area (Å²) in [5.41, 5.74) is 2.43. The summed E-state index contributed by atoms with van der Waals surface area (Å²) in [6, 6.07) is 19.5. The molecule has 2 heterocycles. The number of ether oxygens (including phenoxy) is 1. The average Bonchev–Trinajstić information content (AvgIpc) is 3.43. The van der Waals surface area contributed by atoms with Crippen LogP contribution in [0.15, 0.2) is 84.6 Å². The number of aromatic carboxylic acids is 1. The van der Waals surface area contributed by atoms with Crippen LogP contribution in [-0.2, 0) is 16.1 Å². The second-order valence-electron chi connectivity index (χ2n) is 8.42. The quantitative estimate of drug-likeness (QED) is 0.212. The Kier molecular flexibility index (Phi) is 5.77. The zero-order chi connectivity index (χ0) is 25.4. The summed E-state index contributed by atoms with van der Waals surface area (Å²) in [5, 5.41) is 21.3. The number of fused-ring (bicyclic) bond motifs is 1. The summed E-state index contributed by atoms with van der Waals surface area (Å²) in [6.45, 7) is 0.0256. The van der Waals surface area contributed by atoms with Crippen LogP contribution in [0.3, 0.4) is 0 Å². The summed E-state index contributed by atoms with van der Waals surface area (Å²) in [5.74, 6) is -2.47. The van der Waals surface area contributed by atoms with Crippen LogP contribution in [0.4, 0.5) is 0 Å². The van der Waals surface area contributed by atoms with E-state index in [4.69, 9.17) is 4.74 Å². The number of aliphatic hydroxyl groups excluding tert-OH is 1. The van der Waals surface area contributed by atoms with E-state index in [0.29, 0.717) is 27.8 Å². The van der Waals surface area contributed by atoms with Gasteiger partial charge >= 0.3 is 5.97 Å². The lowest BCUT2D eigenvalue weighted by atomic mass is 9.94. The Morgan fingerprint density at radius 1 is 0.972 bits per heavy atom. The Labute approximate surface area is 206 Å². The van der Waals surface area contributed by atoms with Crippen LogP contribution in [0.25, 0.3) is 16.7 Å². The second kappa shape index (κ2) is 9.07. The van der Waals surface area contributed by atoms with Crippen molar-refractivity contribution in [3.63, 3.8) is 0 Å². The molecule has 1 aliphatic rings. The Balaban J connectivity index is 1.67. The maximum Gasteiger partial charge on any atom is 0.335 e. The minimum atomic E-state index is -1.06. The predicted molar refractivity (Wildman–Crippen MR) is 133 cm³/mol. The molecule has 4 aromatic rings. The van der Waals surface area contributed by atoms with Crippen molar-refractivity contribution in [1.82, 2.24) is 9.88 Å². The van der Waals surface area contributed by atoms with Crippen LogP contribution in [0.5, 0.6) is 5.75 Å². The number of para-hydroxylation sites is 2. The van der Waals surface area contributed by atoms with Crippen LogP contribution in [0.1, 0.15) is 33.1 Å². The fraction of sp³-hybridized carbons (Fsp3) is 0.107. The number of amides is 1. The van der Waals surface area contributed by atoms with Gasteiger partial charge in [-0.1, -0.05) is 48.5 Å². The number of likely N-dealkylation sites (tertiary alicyclic amines) is 1. The maximum atomic E-state index is 13.4. The summed E-state index contributed by atoms with van der Waals surface area (Å²) >= 11 is 0. The van der Waals surface area contributed by atoms with E-state index in [-0.39, 0.29) is 23.4 Å². The van der Waals surface area contributed by atoms with Gasteiger partial charge < -0.3 is 24.8 Å². The number of nitrogens with zero attached hydrogens (tertiary/aromatic N) is 1. The minimum absolute atomic E-state index is 0.0256. The molecule has 8 heteroatoms. The lowest BCUT2D eigenvalue weighted by molar-refractivity contribution is -0.140. The normalized spacial score (nSPS) is 17.0. The van der Waals surface area contributed by atoms with Crippen molar-refractivity contribution >= 4 is 34.3 Å². The molecule has 8 nitrogen and oxygen atoms in total. The van der Waals surface area contributed by atoms with Crippen molar-refractivity contribution in [2.24, 2.45) is 0 Å². The largest absolute Gasteiger partial charge is 0.507 e. The summed E-state index contributed by atoms with van der Waals surface area (Å²) in [4.78, 5) is 42.4. The van der Waals surface area contributed by atoms with Crippen LogP contribution in [-0.4, -0.2) is 44.9 Å². The van der Waals surface area contributed by atoms with E-state index in [0.717, 1.165) is 5.52 Å². The van der Waals surface area contributed by atoms with E-state index in [1.165, 1.54) is 24.1 Å². The van der Waals surface area contributed by atoms with Crippen LogP contribution in [0.2, 0.25) is 0 Å². The SMILES string of the molecule is COc1ccccc1C1/C(=C(\O)c2c[nH]c3ccccc23)C(=O)C(=O)N1Cc1ccc(C(=O)O)cc1. The number of aromatic amines is 1. The molecule has 180 valence electrons. The molecule has 36 heavy (non-hydrogen) atoms. The predicted octanol–water partition coefficient (Wildman–Crippen LogP) is 4.50. The number of carbonyl (C=O) groups is 3. The van der Waals surface area contributed by atoms with Gasteiger partial charge in [0.25, 0.3) is 11.7 Å². The van der Waals surface area contributed by atoms with Crippen molar-refractivity contribution < 1.29 is 29.3 Å². The van der Waals surface area contributed by atoms with E-state index in [9.17, 15) is 24.6 Å². The number of hydrogen-bond acceptors (Lipinski definition) is 5. The third-order valence-electron chi connectivity index (χ3n) is 6.37. The smallest absolute Gasteiger partial charge is 0.335 e. The van der Waals surface area contributed by atoms with Gasteiger partial charge in [-0.25, -0.2) is 4.79 Å². The van der Waals surface area contributed by atoms with Crippen LogP contribution < -0.4 is 4.74 Å². The van der Waals surface area contributed by atoms with Gasteiger partial charge in [-0.15, -0.1) is 0 Å². The number of benzene rings is 3. The number of H-pyrrole nitrogens is 1. The van der Waals surface area contributed by atoms with Crippen molar-refractivity contribution in [1.29, 1.82) is 0 Å². The molecule has 3 N–H and O–H groups in total. The van der Waals surface area contributed by atoms with Gasteiger partial charge in [-0.05, 0) is 29.8 Å². The molecule has 1 amide bonds. The van der Waals surface area contributed by atoms with Gasteiger partial charge in [-0.2, -0.15) is 0 Å². The molecule has 1 fully saturated rings. The lowest BCUT2D eigenvalue weighted by Crippen LogP contribution is -2.29. The highest BCUT2D eigenvalue weighted by Gasteiger charge is 2.47. The number of ketones is 1. The standard InChI is InChI=1S/C28H22N2O6/c1-36-22-9-5-3-7-19(22)24-23(25(31)20-14-29-21-8-4-2-6-18(20)21)26(32)27(33)30(24)15-16-10-12-17(13-11-16)28(34)35/h2-14,24,29,31H,15H2,1H3,(H,34,35)/b25-23+. The molecule has 3 aromatic carbocycles. The number of carboxylic acid groups (broad SMARTS) is 1. The number of Topliss-reactive ketones (excluding diaryl/α,β-unsaturated/α-hetero) is 1. The topological polar surface area (TPSA) is 120 Å². The molecule has 1 aliphatic heterocycles. The molecular formula is C28H22N2O6. The van der Waals surface area contributed by atoms with Crippen LogP contribution >= 0.6 is 0 Å². The highest BCUT2D eigenvalue weighted by Crippen LogP contribution is 2.44. The van der Waals surface area contributed by atoms with E-state index in [1.54, 1.807) is 42.6 Å². The molecule has 1 unspecified atom stereocenters. The first kappa shape index (κ1) is 22.9. The number of hydrogen-bond donors (Lipinski definition) is 3. The van der Waals surface area contributed by atoms with Crippen molar-refractivity contribution in [2.75, 3.05) is 7.11 Å². The number of carboxylic acids is 1. The van der Waals surface area contributed by atoms with Gasteiger partial charge in [0.15, 0.2) is 0 Å². The zero-order valence-electron chi connectivity index (χ0n) is 19.3. The lowest BCUT2D eigenvalue weighted by Gasteiger charge is -2.26. The Morgan fingerprint density at radius 3 is 2.39 bits per heavy atom. The van der Waals surface area contributed by atoms with Crippen molar-refractivity contribution in [2.45, 2.75) is 12.6 Å². The Bertz CT molecular complexity index is 1530. The molecule has 1 saturated heterocycles. The van der Waals surface area contributed by atoms with Gasteiger partial charge in [0, 0.05) is 34.8 Å². The maximum absolute atomic E-state index is 13.4. The number of methoxy groups -OCH3 is 1. The molecule has 1 atom stereocenters. The molecule has 5 rings (SSSR count). The Hall–Kier alpha value is -4.85. The second-order valence-corrected chi connectivity index (χ2v) is 8.42. The number of aromatic nitrogens is 1. The van der Waals surface area contributed by atoms with Crippen LogP contribution in [0, 0.1) is 0 Å². The first-order valence-corrected chi connectivity index (χ1v) is 11.2. The van der Waals surface area contributed by atoms with Crippen molar-refractivity contribution in [3.05, 3.63) is 107 Å². The van der Waals surface area contributed by atoms with E-state index < -0.39 is 23.7 Å². The molecule has 1 aromatic heterocycles. The fourth-order valence-electron chi connectivity index (χ4n) is 4.62. The summed E-state index contributed by atoms with van der Waals surface area (Å²) < 4.78 is 5.53. The summed E-state index contributed by atoms with van der Waals surface area (Å²) in [6.07, 6.45) is 1.61. The number of rotatable bonds is 6. The minimum Gasteiger partial charge on any atom is -0.507 e. The third-order valence-corrected chi connectivity index (χ3v) is 6.37. The highest BCUT2D eigenvalue weighted by atomic mass is 16.5. The first-order valence-electron chi connectivity index (χ1n) is 11.2. The fourth-order valence-corrected chi connectivity index (χ4v) is 4.62. The van der Waals surface area contributed by atoms with E-state index in [2.05, 4.69) is 4.98 Å². The highest BCUT2D eigenvalue weighted by molar-refractivity contribution is 6.46. The number of nitrogens with one attached hydrogen (secondary N) is 1. The molecular weight excluding hydrogens is 460 g/mol. The molecule has 0 aliphatic carbocycles. The van der Waals surface area contributed by atoms with Gasteiger partial charge in [0.05, 0.1) is 24.3 Å². The van der Waals surface area contributed by atoms with Gasteiger partial charge in [0.1, 0.15) is 11.5 Å². The van der Waals surface area contributed by atoms with E-state index >= 15 is 0 Å². The van der Waals surface area contributed by atoms with Crippen molar-refractivity contribution in [3.8, 4) is 5.75 Å². The van der Waals surface area contributed by atoms with E-state index in [1.807, 2.05) is 24.3 Å². The molecule has 0 bridgehead atoms. The number of aliphatic hydroxyl groups is 1. The van der Waals surface area contributed by atoms with Gasteiger partial charge in [0.2, 0.25) is 0 Å². The average molecular weight is 482 g/mol. The van der Waals surface area contributed by atoms with Gasteiger partial charge in [-0.3, -0.25) is 9.59 Å². The first-order chi connectivity index (χ1) is 17.4. The Morgan fingerprint density at radius 2 is 1.67 bits per heavy atom.